The van der Waals surface area contributed by atoms with Crippen LogP contribution in [0.5, 0.6) is 0 Å². The molecule has 1 N–H and O–H groups in total. The Labute approximate surface area is 179 Å². The molecule has 2 heterocycles. The third-order valence-electron chi connectivity index (χ3n) is 4.36. The Bertz CT molecular complexity index is 840. The molecule has 30 heavy (non-hydrogen) atoms. The van der Waals surface area contributed by atoms with Gasteiger partial charge < -0.3 is 24.3 Å². The molecule has 2 aromatic rings. The van der Waals surface area contributed by atoms with Crippen molar-refractivity contribution in [1.82, 2.24) is 9.88 Å². The third kappa shape index (κ3) is 7.71. The van der Waals surface area contributed by atoms with Gasteiger partial charge in [-0.15, -0.1) is 0 Å². The highest BCUT2D eigenvalue weighted by Gasteiger charge is 2.17. The first-order valence-corrected chi connectivity index (χ1v) is 10.4. The van der Waals surface area contributed by atoms with Gasteiger partial charge in [-0.3, -0.25) is 9.59 Å². The van der Waals surface area contributed by atoms with E-state index < -0.39 is 5.60 Å². The van der Waals surface area contributed by atoms with Gasteiger partial charge in [0.25, 0.3) is 6.47 Å². The summed E-state index contributed by atoms with van der Waals surface area (Å²) in [4.78, 5) is 24.0. The molecule has 0 atom stereocenters. The number of carbonyl (C=O) groups excluding carboxylic acids is 2. The van der Waals surface area contributed by atoms with Gasteiger partial charge in [0, 0.05) is 49.0 Å². The summed E-state index contributed by atoms with van der Waals surface area (Å²) in [6.07, 6.45) is 1.95. The molecule has 7 nitrogen and oxygen atoms in total. The summed E-state index contributed by atoms with van der Waals surface area (Å²) in [5.41, 5.74) is 1.54. The van der Waals surface area contributed by atoms with Crippen LogP contribution in [0.4, 0.5) is 5.69 Å². The van der Waals surface area contributed by atoms with Crippen molar-refractivity contribution in [1.29, 1.82) is 0 Å². The minimum absolute atomic E-state index is 0.207. The fourth-order valence-corrected chi connectivity index (χ4v) is 3.10. The molecule has 166 valence electrons. The second kappa shape index (κ2) is 9.98. The summed E-state index contributed by atoms with van der Waals surface area (Å²) >= 11 is 0. The number of fused-ring (bicyclic) bond motifs is 1. The lowest BCUT2D eigenvalue weighted by molar-refractivity contribution is -0.155. The van der Waals surface area contributed by atoms with Crippen molar-refractivity contribution in [2.75, 3.05) is 31.1 Å². The van der Waals surface area contributed by atoms with Gasteiger partial charge in [-0.2, -0.15) is 0 Å². The smallest absolute Gasteiger partial charge is 0.326 e. The maximum Gasteiger partial charge on any atom is 0.326 e. The number of nitrogens with zero attached hydrogens (tertiary/aromatic N) is 2. The third-order valence-corrected chi connectivity index (χ3v) is 4.36. The summed E-state index contributed by atoms with van der Waals surface area (Å²) < 4.78 is 11.9. The standard InChI is InChI=1S/C18H25N3O2.C5H10O2/c1-18(2,3)23-17(22)13-21-9-6-14-12-15(4-5-16(14)21)20-10-7-19-8-11-20;1-5(2,3)7-4-6/h4-6,9,12,19H,7-8,10-11,13H2,1-3H3;4H,1-3H3. The van der Waals surface area contributed by atoms with E-state index in [-0.39, 0.29) is 18.1 Å². The van der Waals surface area contributed by atoms with E-state index in [4.69, 9.17) is 4.74 Å². The van der Waals surface area contributed by atoms with Crippen molar-refractivity contribution in [3.05, 3.63) is 30.5 Å². The number of rotatable bonds is 4. The molecule has 1 aliphatic rings. The number of hydrogen-bond acceptors (Lipinski definition) is 6. The molecule has 1 aromatic heterocycles. The fourth-order valence-electron chi connectivity index (χ4n) is 3.10. The van der Waals surface area contributed by atoms with Crippen molar-refractivity contribution >= 4 is 29.0 Å². The summed E-state index contributed by atoms with van der Waals surface area (Å²) in [5, 5.41) is 4.53. The molecule has 1 fully saturated rings. The Kier molecular flexibility index (Phi) is 7.89. The number of esters is 1. The molecule has 3 rings (SSSR count). The molecule has 1 aliphatic heterocycles. The van der Waals surface area contributed by atoms with Crippen LogP contribution in [0.3, 0.4) is 0 Å². The zero-order valence-electron chi connectivity index (χ0n) is 19.0. The lowest BCUT2D eigenvalue weighted by Gasteiger charge is -2.29. The summed E-state index contributed by atoms with van der Waals surface area (Å²) in [6, 6.07) is 8.49. The second-order valence-corrected chi connectivity index (χ2v) is 9.34. The Morgan fingerprint density at radius 1 is 1.07 bits per heavy atom. The monoisotopic (exact) mass is 417 g/mol. The summed E-state index contributed by atoms with van der Waals surface area (Å²) in [7, 11) is 0. The second-order valence-electron chi connectivity index (χ2n) is 9.34. The summed E-state index contributed by atoms with van der Waals surface area (Å²) in [5.74, 6) is -0.207. The van der Waals surface area contributed by atoms with Crippen LogP contribution < -0.4 is 10.2 Å². The Hall–Kier alpha value is -2.54. The van der Waals surface area contributed by atoms with Crippen LogP contribution >= 0.6 is 0 Å². The number of nitrogens with one attached hydrogen (secondary N) is 1. The quantitative estimate of drug-likeness (QED) is 0.608. The van der Waals surface area contributed by atoms with Gasteiger partial charge in [0.1, 0.15) is 17.7 Å². The minimum atomic E-state index is -0.449. The topological polar surface area (TPSA) is 72.8 Å². The Morgan fingerprint density at radius 3 is 2.27 bits per heavy atom. The minimum Gasteiger partial charge on any atom is -0.462 e. The SMILES string of the molecule is CC(C)(C)OC(=O)Cn1ccc2cc(N3CCNCC3)ccc21.CC(C)(C)OC=O. The molecule has 1 saturated heterocycles. The number of anilines is 1. The van der Waals surface area contributed by atoms with Gasteiger partial charge in [-0.25, -0.2) is 0 Å². The first kappa shape index (κ1) is 23.7. The van der Waals surface area contributed by atoms with E-state index in [1.165, 1.54) is 5.69 Å². The fraction of sp³-hybridized carbons (Fsp3) is 0.565. The molecule has 1 aromatic carbocycles. The van der Waals surface area contributed by atoms with Gasteiger partial charge >= 0.3 is 5.97 Å². The molecule has 0 unspecified atom stereocenters. The van der Waals surface area contributed by atoms with Crippen LogP contribution in [0.15, 0.2) is 30.5 Å². The van der Waals surface area contributed by atoms with Crippen LogP contribution in [-0.4, -0.2) is 54.4 Å². The van der Waals surface area contributed by atoms with Gasteiger partial charge in [0.05, 0.1) is 0 Å². The number of ether oxygens (including phenoxy) is 2. The van der Waals surface area contributed by atoms with E-state index in [1.807, 2.05) is 52.3 Å². The van der Waals surface area contributed by atoms with Crippen molar-refractivity contribution in [3.63, 3.8) is 0 Å². The van der Waals surface area contributed by atoms with Crippen molar-refractivity contribution < 1.29 is 19.1 Å². The predicted molar refractivity (Wildman–Crippen MR) is 120 cm³/mol. The van der Waals surface area contributed by atoms with Crippen molar-refractivity contribution in [3.8, 4) is 0 Å². The maximum absolute atomic E-state index is 12.0. The average Bonchev–Trinajstić information content (AvgIpc) is 3.02. The van der Waals surface area contributed by atoms with Crippen LogP contribution in [-0.2, 0) is 25.6 Å². The molecule has 0 spiro atoms. The lowest BCUT2D eigenvalue weighted by Crippen LogP contribution is -2.43. The van der Waals surface area contributed by atoms with E-state index in [0.717, 1.165) is 37.1 Å². The molecular formula is C23H35N3O4. The number of benzene rings is 1. The zero-order valence-corrected chi connectivity index (χ0v) is 19.0. The van der Waals surface area contributed by atoms with Crippen molar-refractivity contribution in [2.45, 2.75) is 59.3 Å². The van der Waals surface area contributed by atoms with E-state index in [9.17, 15) is 9.59 Å². The molecule has 0 amide bonds. The van der Waals surface area contributed by atoms with Crippen LogP contribution in [0.2, 0.25) is 0 Å². The molecule has 0 bridgehead atoms. The molecule has 7 heteroatoms. The zero-order chi connectivity index (χ0) is 22.4. The Morgan fingerprint density at radius 2 is 1.73 bits per heavy atom. The normalized spacial score (nSPS) is 14.7. The highest BCUT2D eigenvalue weighted by Crippen LogP contribution is 2.24. The number of hydrogen-bond donors (Lipinski definition) is 1. The lowest BCUT2D eigenvalue weighted by atomic mass is 10.2. The van der Waals surface area contributed by atoms with Crippen molar-refractivity contribution in [2.24, 2.45) is 0 Å². The number of aromatic nitrogens is 1. The first-order valence-electron chi connectivity index (χ1n) is 10.4. The first-order chi connectivity index (χ1) is 14.0. The van der Waals surface area contributed by atoms with E-state index >= 15 is 0 Å². The predicted octanol–water partition coefficient (Wildman–Crippen LogP) is 3.35. The maximum atomic E-state index is 12.0. The highest BCUT2D eigenvalue weighted by atomic mass is 16.6. The number of piperazine rings is 1. The Balaban J connectivity index is 0.000000396. The van der Waals surface area contributed by atoms with Crippen LogP contribution in [0.1, 0.15) is 41.5 Å². The highest BCUT2D eigenvalue weighted by molar-refractivity contribution is 5.85. The van der Waals surface area contributed by atoms with Gasteiger partial charge in [0.15, 0.2) is 0 Å². The van der Waals surface area contributed by atoms with Gasteiger partial charge in [0.2, 0.25) is 0 Å². The number of carbonyl (C=O) groups is 2. The average molecular weight is 418 g/mol. The summed E-state index contributed by atoms with van der Waals surface area (Å²) in [6.45, 7) is 15.9. The molecule has 0 saturated carbocycles. The van der Waals surface area contributed by atoms with Gasteiger partial charge in [-0.05, 0) is 65.8 Å². The molecule has 0 radical (unpaired) electrons. The largest absolute Gasteiger partial charge is 0.462 e. The van der Waals surface area contributed by atoms with E-state index in [0.29, 0.717) is 6.47 Å². The van der Waals surface area contributed by atoms with Crippen LogP contribution in [0.25, 0.3) is 10.9 Å². The van der Waals surface area contributed by atoms with Gasteiger partial charge in [-0.1, -0.05) is 0 Å². The van der Waals surface area contributed by atoms with E-state index in [1.54, 1.807) is 0 Å². The van der Waals surface area contributed by atoms with Crippen LogP contribution in [0, 0.1) is 0 Å². The van der Waals surface area contributed by atoms with E-state index in [2.05, 4.69) is 39.2 Å². The molecule has 0 aliphatic carbocycles. The molecular weight excluding hydrogens is 382 g/mol.